The van der Waals surface area contributed by atoms with E-state index in [1.54, 1.807) is 4.67 Å². The van der Waals surface area contributed by atoms with Gasteiger partial charge in [-0.3, -0.25) is 4.57 Å². The lowest BCUT2D eigenvalue weighted by Crippen LogP contribution is -2.29. The van der Waals surface area contributed by atoms with Gasteiger partial charge < -0.3 is 4.52 Å². The molecule has 1 fully saturated rings. The molecule has 16 heavy (non-hydrogen) atoms. The molecule has 1 saturated heterocycles. The summed E-state index contributed by atoms with van der Waals surface area (Å²) in [5, 5.41) is 0. The van der Waals surface area contributed by atoms with Gasteiger partial charge in [-0.05, 0) is 30.1 Å². The Balaban J connectivity index is 2.21. The van der Waals surface area contributed by atoms with Crippen molar-refractivity contribution in [3.05, 3.63) is 35.9 Å². The predicted molar refractivity (Wildman–Crippen MR) is 65.6 cm³/mol. The SMILES string of the molecule is CC(c1ccccc1)N1CCCOP1(=O)Cl. The van der Waals surface area contributed by atoms with Gasteiger partial charge in [0.1, 0.15) is 0 Å². The van der Waals surface area contributed by atoms with Gasteiger partial charge in [0.15, 0.2) is 0 Å². The molecule has 0 amide bonds. The zero-order valence-corrected chi connectivity index (χ0v) is 10.8. The van der Waals surface area contributed by atoms with E-state index in [9.17, 15) is 4.57 Å². The third-order valence-corrected chi connectivity index (χ3v) is 5.35. The van der Waals surface area contributed by atoms with E-state index < -0.39 is 6.87 Å². The molecule has 5 heteroatoms. The van der Waals surface area contributed by atoms with Crippen molar-refractivity contribution in [3.8, 4) is 0 Å². The van der Waals surface area contributed by atoms with E-state index in [-0.39, 0.29) is 6.04 Å². The summed E-state index contributed by atoms with van der Waals surface area (Å²) in [5.74, 6) is 0. The molecule has 0 bridgehead atoms. The van der Waals surface area contributed by atoms with E-state index in [4.69, 9.17) is 15.8 Å². The molecule has 0 aromatic heterocycles. The molecular formula is C11H15ClNO2P. The lowest BCUT2D eigenvalue weighted by atomic mass is 10.1. The first kappa shape index (κ1) is 12.1. The Labute approximate surface area is 101 Å². The first-order valence-corrected chi connectivity index (χ1v) is 7.86. The molecule has 0 radical (unpaired) electrons. The van der Waals surface area contributed by atoms with E-state index in [0.29, 0.717) is 6.61 Å². The first-order chi connectivity index (χ1) is 7.61. The lowest BCUT2D eigenvalue weighted by molar-refractivity contribution is 0.194. The largest absolute Gasteiger partial charge is 0.363 e. The van der Waals surface area contributed by atoms with E-state index in [1.165, 1.54) is 0 Å². The topological polar surface area (TPSA) is 29.5 Å². The minimum Gasteiger partial charge on any atom is -0.306 e. The molecule has 0 N–H and O–H groups in total. The van der Waals surface area contributed by atoms with E-state index >= 15 is 0 Å². The van der Waals surface area contributed by atoms with Crippen LogP contribution in [0.1, 0.15) is 24.9 Å². The molecule has 1 heterocycles. The summed E-state index contributed by atoms with van der Waals surface area (Å²) in [6.45, 7) is 0.0903. The Bertz CT molecular complexity index is 398. The van der Waals surface area contributed by atoms with Crippen molar-refractivity contribution < 1.29 is 9.09 Å². The molecule has 2 unspecified atom stereocenters. The molecule has 1 aliphatic heterocycles. The molecule has 0 saturated carbocycles. The van der Waals surface area contributed by atoms with Crippen LogP contribution in [-0.4, -0.2) is 17.8 Å². The molecular weight excluding hydrogens is 245 g/mol. The average molecular weight is 260 g/mol. The minimum atomic E-state index is -3.11. The maximum Gasteiger partial charge on any atom is 0.363 e. The van der Waals surface area contributed by atoms with Gasteiger partial charge in [-0.2, -0.15) is 0 Å². The smallest absolute Gasteiger partial charge is 0.306 e. The monoisotopic (exact) mass is 259 g/mol. The number of benzene rings is 1. The standard InChI is InChI=1S/C11H15ClNO2P/c1-10(11-6-3-2-4-7-11)13-8-5-9-15-16(13,12)14/h2-4,6-7,10H,5,8-9H2,1H3. The summed E-state index contributed by atoms with van der Waals surface area (Å²) in [7, 11) is 0. The fourth-order valence-electron chi connectivity index (χ4n) is 1.90. The van der Waals surface area contributed by atoms with Gasteiger partial charge in [-0.25, -0.2) is 4.67 Å². The first-order valence-electron chi connectivity index (χ1n) is 5.37. The fourth-order valence-corrected chi connectivity index (χ4v) is 4.16. The van der Waals surface area contributed by atoms with Crippen LogP contribution in [0.25, 0.3) is 0 Å². The Hall–Kier alpha value is -0.340. The van der Waals surface area contributed by atoms with E-state index in [2.05, 4.69) is 0 Å². The van der Waals surface area contributed by atoms with Crippen LogP contribution in [-0.2, 0) is 9.09 Å². The maximum absolute atomic E-state index is 12.0. The summed E-state index contributed by atoms with van der Waals surface area (Å²) in [6.07, 6.45) is 0.869. The zero-order chi connectivity index (χ0) is 11.6. The van der Waals surface area contributed by atoms with Crippen LogP contribution in [0.15, 0.2) is 30.3 Å². The van der Waals surface area contributed by atoms with Crippen LogP contribution < -0.4 is 0 Å². The molecule has 1 aliphatic rings. The molecule has 1 aromatic rings. The molecule has 2 atom stereocenters. The fraction of sp³-hybridized carbons (Fsp3) is 0.455. The second kappa shape index (κ2) is 4.89. The highest BCUT2D eigenvalue weighted by molar-refractivity contribution is 7.83. The Morgan fingerprint density at radius 3 is 2.75 bits per heavy atom. The number of rotatable bonds is 2. The van der Waals surface area contributed by atoms with Crippen LogP contribution in [0.5, 0.6) is 0 Å². The van der Waals surface area contributed by atoms with Gasteiger partial charge in [0.05, 0.1) is 6.61 Å². The summed E-state index contributed by atoms with van der Waals surface area (Å²) in [4.78, 5) is 0. The van der Waals surface area contributed by atoms with Crippen molar-refractivity contribution in [1.29, 1.82) is 0 Å². The highest BCUT2D eigenvalue weighted by Crippen LogP contribution is 2.60. The van der Waals surface area contributed by atoms with Crippen molar-refractivity contribution in [2.45, 2.75) is 19.4 Å². The molecule has 88 valence electrons. The normalized spacial score (nSPS) is 28.9. The van der Waals surface area contributed by atoms with Crippen molar-refractivity contribution in [2.24, 2.45) is 0 Å². The number of hydrogen-bond donors (Lipinski definition) is 0. The summed E-state index contributed by atoms with van der Waals surface area (Å²) < 4.78 is 19.0. The lowest BCUT2D eigenvalue weighted by Gasteiger charge is -2.35. The van der Waals surface area contributed by atoms with Gasteiger partial charge >= 0.3 is 6.87 Å². The Morgan fingerprint density at radius 1 is 1.44 bits per heavy atom. The van der Waals surface area contributed by atoms with E-state index in [1.807, 2.05) is 37.3 Å². The maximum atomic E-state index is 12.0. The van der Waals surface area contributed by atoms with Crippen molar-refractivity contribution >= 4 is 18.1 Å². The highest BCUT2D eigenvalue weighted by atomic mass is 35.7. The van der Waals surface area contributed by atoms with Gasteiger partial charge in [-0.1, -0.05) is 30.3 Å². The highest BCUT2D eigenvalue weighted by Gasteiger charge is 2.36. The third kappa shape index (κ3) is 2.49. The average Bonchev–Trinajstić information content (AvgIpc) is 2.29. The summed E-state index contributed by atoms with van der Waals surface area (Å²) >= 11 is 5.94. The number of hydrogen-bond acceptors (Lipinski definition) is 2. The van der Waals surface area contributed by atoms with Crippen LogP contribution >= 0.6 is 18.1 Å². The summed E-state index contributed by atoms with van der Waals surface area (Å²) in [6, 6.07) is 9.94. The second-order valence-corrected chi connectivity index (χ2v) is 6.84. The van der Waals surface area contributed by atoms with Crippen LogP contribution in [0.3, 0.4) is 0 Å². The third-order valence-electron chi connectivity index (χ3n) is 2.82. The predicted octanol–water partition coefficient (Wildman–Crippen LogP) is 3.82. The Kier molecular flexibility index (Phi) is 3.70. The van der Waals surface area contributed by atoms with Crippen LogP contribution in [0.4, 0.5) is 0 Å². The van der Waals surface area contributed by atoms with Gasteiger partial charge in [-0.15, -0.1) is 0 Å². The van der Waals surface area contributed by atoms with E-state index in [0.717, 1.165) is 18.5 Å². The quantitative estimate of drug-likeness (QED) is 0.756. The van der Waals surface area contributed by atoms with Crippen molar-refractivity contribution in [1.82, 2.24) is 4.67 Å². The molecule has 3 nitrogen and oxygen atoms in total. The van der Waals surface area contributed by atoms with Gasteiger partial charge in [0.25, 0.3) is 0 Å². The molecule has 0 aliphatic carbocycles. The Morgan fingerprint density at radius 2 is 2.12 bits per heavy atom. The number of halogens is 1. The summed E-state index contributed by atoms with van der Waals surface area (Å²) in [5.41, 5.74) is 1.11. The van der Waals surface area contributed by atoms with Crippen LogP contribution in [0, 0.1) is 0 Å². The zero-order valence-electron chi connectivity index (χ0n) is 9.17. The molecule has 0 spiro atoms. The van der Waals surface area contributed by atoms with Crippen molar-refractivity contribution in [2.75, 3.05) is 13.2 Å². The van der Waals surface area contributed by atoms with Gasteiger partial charge in [0.2, 0.25) is 0 Å². The van der Waals surface area contributed by atoms with Gasteiger partial charge in [0, 0.05) is 12.6 Å². The number of nitrogens with zero attached hydrogens (tertiary/aromatic N) is 1. The second-order valence-electron chi connectivity index (χ2n) is 3.89. The van der Waals surface area contributed by atoms with Crippen molar-refractivity contribution in [3.63, 3.8) is 0 Å². The molecule has 2 rings (SSSR count). The molecule has 1 aromatic carbocycles. The van der Waals surface area contributed by atoms with Crippen LogP contribution in [0.2, 0.25) is 0 Å². The minimum absolute atomic E-state index is 0.0184.